The highest BCUT2D eigenvalue weighted by atomic mass is 32.1. The number of nitrogens with zero attached hydrogens (tertiary/aromatic N) is 1. The number of amides is 2. The van der Waals surface area contributed by atoms with Crippen molar-refractivity contribution in [3.8, 4) is 0 Å². The molecule has 0 unspecified atom stereocenters. The molecule has 6 heteroatoms. The molecule has 25 heavy (non-hydrogen) atoms. The Bertz CT molecular complexity index is 747. The summed E-state index contributed by atoms with van der Waals surface area (Å²) in [6.45, 7) is 2.14. The summed E-state index contributed by atoms with van der Waals surface area (Å²) >= 11 is 1.63. The zero-order chi connectivity index (χ0) is 17.2. The van der Waals surface area contributed by atoms with Crippen molar-refractivity contribution >= 4 is 23.2 Å². The summed E-state index contributed by atoms with van der Waals surface area (Å²) in [5.74, 6) is -0.0687. The van der Waals surface area contributed by atoms with E-state index in [2.05, 4.69) is 5.32 Å². The Morgan fingerprint density at radius 3 is 2.76 bits per heavy atom. The van der Waals surface area contributed by atoms with Crippen LogP contribution in [0.3, 0.4) is 0 Å². The first-order valence-electron chi connectivity index (χ1n) is 8.48. The molecule has 0 bridgehead atoms. The summed E-state index contributed by atoms with van der Waals surface area (Å²) in [4.78, 5) is 28.1. The van der Waals surface area contributed by atoms with Gasteiger partial charge in [0.1, 0.15) is 0 Å². The maximum absolute atomic E-state index is 12.6. The van der Waals surface area contributed by atoms with Gasteiger partial charge < -0.3 is 15.0 Å². The lowest BCUT2D eigenvalue weighted by Crippen LogP contribution is -2.37. The molecule has 2 saturated heterocycles. The van der Waals surface area contributed by atoms with Crippen LogP contribution >= 0.6 is 11.3 Å². The maximum atomic E-state index is 12.6. The zero-order valence-electron chi connectivity index (χ0n) is 13.8. The fraction of sp³-hybridized carbons (Fsp3) is 0.368. The van der Waals surface area contributed by atoms with Gasteiger partial charge in [-0.2, -0.15) is 0 Å². The first kappa shape index (κ1) is 16.3. The average molecular weight is 356 g/mol. The number of likely N-dealkylation sites (tertiary alicyclic amines) is 1. The third kappa shape index (κ3) is 3.32. The second-order valence-electron chi connectivity index (χ2n) is 6.52. The average Bonchev–Trinajstić information content (AvgIpc) is 3.36. The van der Waals surface area contributed by atoms with Crippen LogP contribution in [0, 0.1) is 11.8 Å². The van der Waals surface area contributed by atoms with Crippen LogP contribution in [0.4, 0.5) is 0 Å². The number of carbonyl (C=O) groups excluding carboxylic acids is 2. The van der Waals surface area contributed by atoms with Crippen LogP contribution in [-0.2, 0) is 16.1 Å². The molecule has 2 aromatic rings. The van der Waals surface area contributed by atoms with E-state index < -0.39 is 0 Å². The molecule has 2 fully saturated rings. The van der Waals surface area contributed by atoms with E-state index in [1.165, 1.54) is 0 Å². The molecule has 1 N–H and O–H groups in total. The minimum atomic E-state index is -0.182. The number of ether oxygens (including phenoxy) is 1. The van der Waals surface area contributed by atoms with E-state index in [0.29, 0.717) is 31.8 Å². The Morgan fingerprint density at radius 1 is 1.16 bits per heavy atom. The predicted octanol–water partition coefficient (Wildman–Crippen LogP) is 2.15. The van der Waals surface area contributed by atoms with Crippen molar-refractivity contribution < 1.29 is 14.3 Å². The van der Waals surface area contributed by atoms with Crippen LogP contribution in [0.25, 0.3) is 0 Å². The number of rotatable bonds is 4. The van der Waals surface area contributed by atoms with Gasteiger partial charge in [0.25, 0.3) is 5.91 Å². The Hall–Kier alpha value is -2.18. The van der Waals surface area contributed by atoms with Crippen LogP contribution in [0.15, 0.2) is 47.8 Å². The molecule has 1 aromatic heterocycles. The molecule has 0 saturated carbocycles. The van der Waals surface area contributed by atoms with Crippen molar-refractivity contribution in [2.45, 2.75) is 12.6 Å². The second kappa shape index (κ2) is 6.98. The van der Waals surface area contributed by atoms with Gasteiger partial charge in [-0.25, -0.2) is 0 Å². The highest BCUT2D eigenvalue weighted by Gasteiger charge is 2.48. The van der Waals surface area contributed by atoms with Gasteiger partial charge in [-0.1, -0.05) is 24.3 Å². The lowest BCUT2D eigenvalue weighted by atomic mass is 9.92. The molecule has 0 radical (unpaired) electrons. The molecule has 3 heterocycles. The molecule has 0 spiro atoms. The van der Waals surface area contributed by atoms with E-state index in [1.54, 1.807) is 11.3 Å². The predicted molar refractivity (Wildman–Crippen MR) is 95.2 cm³/mol. The van der Waals surface area contributed by atoms with Crippen molar-refractivity contribution in [3.63, 3.8) is 0 Å². The van der Waals surface area contributed by atoms with E-state index in [9.17, 15) is 9.59 Å². The van der Waals surface area contributed by atoms with E-state index in [1.807, 2.05) is 52.7 Å². The Labute approximate surface area is 150 Å². The highest BCUT2D eigenvalue weighted by Crippen LogP contribution is 2.34. The lowest BCUT2D eigenvalue weighted by molar-refractivity contribution is -0.126. The van der Waals surface area contributed by atoms with E-state index >= 15 is 0 Å². The zero-order valence-corrected chi connectivity index (χ0v) is 14.6. The standard InChI is InChI=1S/C19H20N2O3S/c22-18(20-9-14-7-4-8-25-14)16-12-24-17-11-21(10-15(16)17)19(23)13-5-2-1-3-6-13/h1-8,15-17H,9-12H2,(H,20,22)/t15-,16-,17-/m1/s1. The molecule has 1 aromatic carbocycles. The van der Waals surface area contributed by atoms with Crippen molar-refractivity contribution in [1.29, 1.82) is 0 Å². The molecule has 2 amide bonds. The van der Waals surface area contributed by atoms with Crippen molar-refractivity contribution in [3.05, 3.63) is 58.3 Å². The third-order valence-corrected chi connectivity index (χ3v) is 5.85. The number of benzene rings is 1. The quantitative estimate of drug-likeness (QED) is 0.913. The van der Waals surface area contributed by atoms with Gasteiger partial charge in [0.05, 0.1) is 25.2 Å². The molecule has 5 nitrogen and oxygen atoms in total. The second-order valence-corrected chi connectivity index (χ2v) is 7.55. The molecule has 3 atom stereocenters. The van der Waals surface area contributed by atoms with Crippen LogP contribution < -0.4 is 5.32 Å². The molecule has 130 valence electrons. The van der Waals surface area contributed by atoms with E-state index in [-0.39, 0.29) is 29.8 Å². The van der Waals surface area contributed by atoms with Crippen LogP contribution in [0.2, 0.25) is 0 Å². The van der Waals surface area contributed by atoms with Crippen molar-refractivity contribution in [1.82, 2.24) is 10.2 Å². The molecule has 2 aliphatic heterocycles. The maximum Gasteiger partial charge on any atom is 0.253 e. The summed E-state index contributed by atoms with van der Waals surface area (Å²) in [7, 11) is 0. The first-order valence-corrected chi connectivity index (χ1v) is 9.36. The normalized spacial score (nSPS) is 25.0. The van der Waals surface area contributed by atoms with Crippen molar-refractivity contribution in [2.24, 2.45) is 11.8 Å². The lowest BCUT2D eigenvalue weighted by Gasteiger charge is -2.19. The minimum absolute atomic E-state index is 0.0105. The third-order valence-electron chi connectivity index (χ3n) is 4.98. The first-order chi connectivity index (χ1) is 12.2. The Morgan fingerprint density at radius 2 is 2.00 bits per heavy atom. The SMILES string of the molecule is O=C(NCc1cccs1)[C@@H]1CO[C@@H]2CN(C(=O)c3ccccc3)C[C@@H]21. The molecular formula is C19H20N2O3S. The summed E-state index contributed by atoms with van der Waals surface area (Å²) in [5.41, 5.74) is 0.682. The fourth-order valence-corrected chi connectivity index (χ4v) is 4.28. The number of thiophene rings is 1. The number of hydrogen-bond acceptors (Lipinski definition) is 4. The number of carbonyl (C=O) groups is 2. The largest absolute Gasteiger partial charge is 0.375 e. The van der Waals surface area contributed by atoms with E-state index in [4.69, 9.17) is 4.74 Å². The van der Waals surface area contributed by atoms with Crippen LogP contribution in [0.5, 0.6) is 0 Å². The highest BCUT2D eigenvalue weighted by molar-refractivity contribution is 7.09. The van der Waals surface area contributed by atoms with E-state index in [0.717, 1.165) is 4.88 Å². The monoisotopic (exact) mass is 356 g/mol. The Kier molecular flexibility index (Phi) is 4.55. The van der Waals surface area contributed by atoms with Gasteiger partial charge in [0.2, 0.25) is 5.91 Å². The van der Waals surface area contributed by atoms with Gasteiger partial charge in [-0.3, -0.25) is 9.59 Å². The number of fused-ring (bicyclic) bond motifs is 1. The van der Waals surface area contributed by atoms with Gasteiger partial charge in [0.15, 0.2) is 0 Å². The summed E-state index contributed by atoms with van der Waals surface area (Å²) in [6, 6.07) is 13.3. The van der Waals surface area contributed by atoms with Crippen molar-refractivity contribution in [2.75, 3.05) is 19.7 Å². The molecule has 4 rings (SSSR count). The van der Waals surface area contributed by atoms with Gasteiger partial charge in [-0.15, -0.1) is 11.3 Å². The number of hydrogen-bond donors (Lipinski definition) is 1. The van der Waals surface area contributed by atoms with Gasteiger partial charge in [-0.05, 0) is 23.6 Å². The topological polar surface area (TPSA) is 58.6 Å². The van der Waals surface area contributed by atoms with Crippen LogP contribution in [0.1, 0.15) is 15.2 Å². The molecule has 2 aliphatic rings. The van der Waals surface area contributed by atoms with Crippen LogP contribution in [-0.4, -0.2) is 42.5 Å². The fourth-order valence-electron chi connectivity index (χ4n) is 3.63. The number of nitrogens with one attached hydrogen (secondary N) is 1. The summed E-state index contributed by atoms with van der Waals surface area (Å²) in [5, 5.41) is 5.00. The Balaban J connectivity index is 1.38. The molecular weight excluding hydrogens is 336 g/mol. The smallest absolute Gasteiger partial charge is 0.253 e. The summed E-state index contributed by atoms with van der Waals surface area (Å²) < 4.78 is 5.81. The van der Waals surface area contributed by atoms with Gasteiger partial charge >= 0.3 is 0 Å². The minimum Gasteiger partial charge on any atom is -0.375 e. The summed E-state index contributed by atoms with van der Waals surface area (Å²) in [6.07, 6.45) is -0.0369. The molecule has 0 aliphatic carbocycles. The van der Waals surface area contributed by atoms with Gasteiger partial charge in [0, 0.05) is 29.4 Å².